The summed E-state index contributed by atoms with van der Waals surface area (Å²) in [6, 6.07) is 5.98. The van der Waals surface area contributed by atoms with E-state index in [9.17, 15) is 4.39 Å². The average Bonchev–Trinajstić information content (AvgIpc) is 2.60. The van der Waals surface area contributed by atoms with E-state index in [1.165, 1.54) is 38.2 Å². The van der Waals surface area contributed by atoms with E-state index in [-0.39, 0.29) is 5.82 Å². The van der Waals surface area contributed by atoms with Crippen molar-refractivity contribution in [1.82, 2.24) is 4.90 Å². The molecule has 0 aromatic heterocycles. The summed E-state index contributed by atoms with van der Waals surface area (Å²) in [6.07, 6.45) is 6.40. The summed E-state index contributed by atoms with van der Waals surface area (Å²) in [5.41, 5.74) is 1.07. The lowest BCUT2D eigenvalue weighted by molar-refractivity contribution is 0.185. The van der Waals surface area contributed by atoms with Crippen LogP contribution in [0.4, 0.5) is 4.39 Å². The van der Waals surface area contributed by atoms with Gasteiger partial charge < -0.3 is 0 Å². The first kappa shape index (κ1) is 14.0. The molecule has 0 saturated carbocycles. The zero-order valence-corrected chi connectivity index (χ0v) is 12.5. The number of benzene rings is 1. The number of nitrogens with zero attached hydrogens (tertiary/aromatic N) is 1. The van der Waals surface area contributed by atoms with Gasteiger partial charge in [-0.05, 0) is 53.4 Å². The van der Waals surface area contributed by atoms with Gasteiger partial charge in [-0.1, -0.05) is 31.9 Å². The van der Waals surface area contributed by atoms with Gasteiger partial charge in [-0.3, -0.25) is 4.90 Å². The summed E-state index contributed by atoms with van der Waals surface area (Å²) in [5.74, 6) is -0.157. The molecule has 0 aliphatic carbocycles. The number of rotatable bonds is 3. The van der Waals surface area contributed by atoms with E-state index >= 15 is 0 Å². The summed E-state index contributed by atoms with van der Waals surface area (Å²) in [5, 5.41) is 0. The second-order valence-corrected chi connectivity index (χ2v) is 5.89. The first-order valence-electron chi connectivity index (χ1n) is 6.89. The normalized spacial score (nSPS) is 21.8. The molecule has 1 aliphatic heterocycles. The molecular formula is C15H21BrFN. The molecule has 18 heavy (non-hydrogen) atoms. The Morgan fingerprint density at radius 2 is 2.17 bits per heavy atom. The van der Waals surface area contributed by atoms with E-state index in [0.717, 1.165) is 18.7 Å². The van der Waals surface area contributed by atoms with Gasteiger partial charge in [0, 0.05) is 12.6 Å². The molecule has 1 fully saturated rings. The van der Waals surface area contributed by atoms with Crippen molar-refractivity contribution >= 4 is 15.9 Å². The molecule has 1 nitrogen and oxygen atoms in total. The van der Waals surface area contributed by atoms with E-state index in [1.807, 2.05) is 6.07 Å². The third kappa shape index (κ3) is 3.33. The second kappa shape index (κ2) is 6.67. The maximum absolute atomic E-state index is 13.5. The molecule has 0 amide bonds. The van der Waals surface area contributed by atoms with Gasteiger partial charge in [0.2, 0.25) is 0 Å². The Kier molecular flexibility index (Phi) is 5.19. The van der Waals surface area contributed by atoms with Crippen LogP contribution in [0.15, 0.2) is 22.7 Å². The zero-order chi connectivity index (χ0) is 13.0. The lowest BCUT2D eigenvalue weighted by Gasteiger charge is -2.29. The second-order valence-electron chi connectivity index (χ2n) is 5.09. The van der Waals surface area contributed by atoms with Crippen LogP contribution in [0, 0.1) is 5.82 Å². The van der Waals surface area contributed by atoms with Crippen LogP contribution in [0.25, 0.3) is 0 Å². The first-order valence-corrected chi connectivity index (χ1v) is 7.68. The molecule has 1 aromatic carbocycles. The fourth-order valence-electron chi connectivity index (χ4n) is 2.80. The van der Waals surface area contributed by atoms with Gasteiger partial charge >= 0.3 is 0 Å². The average molecular weight is 314 g/mol. The van der Waals surface area contributed by atoms with Gasteiger partial charge in [0.1, 0.15) is 5.82 Å². The fourth-order valence-corrected chi connectivity index (χ4v) is 3.19. The highest BCUT2D eigenvalue weighted by molar-refractivity contribution is 9.10. The van der Waals surface area contributed by atoms with Gasteiger partial charge in [-0.25, -0.2) is 4.39 Å². The SMILES string of the molecule is CCC1CCCCCN1Cc1cccc(F)c1Br. The van der Waals surface area contributed by atoms with Crippen LogP contribution in [-0.2, 0) is 6.54 Å². The third-order valence-electron chi connectivity index (χ3n) is 3.88. The van der Waals surface area contributed by atoms with E-state index in [2.05, 4.69) is 27.8 Å². The molecule has 1 aliphatic rings. The number of hydrogen-bond donors (Lipinski definition) is 0. The van der Waals surface area contributed by atoms with Gasteiger partial charge in [-0.2, -0.15) is 0 Å². The molecule has 1 aromatic rings. The van der Waals surface area contributed by atoms with Crippen molar-refractivity contribution < 1.29 is 4.39 Å². The van der Waals surface area contributed by atoms with Crippen molar-refractivity contribution in [2.75, 3.05) is 6.54 Å². The van der Waals surface area contributed by atoms with Crippen molar-refractivity contribution in [3.8, 4) is 0 Å². The maximum Gasteiger partial charge on any atom is 0.137 e. The summed E-state index contributed by atoms with van der Waals surface area (Å²) in [6.45, 7) is 4.25. The van der Waals surface area contributed by atoms with Crippen LogP contribution in [0.3, 0.4) is 0 Å². The number of likely N-dealkylation sites (tertiary alicyclic amines) is 1. The summed E-state index contributed by atoms with van der Waals surface area (Å²) >= 11 is 3.37. The Balaban J connectivity index is 2.12. The van der Waals surface area contributed by atoms with Gasteiger partial charge in [-0.15, -0.1) is 0 Å². The van der Waals surface area contributed by atoms with Crippen molar-refractivity contribution in [3.63, 3.8) is 0 Å². The molecule has 1 heterocycles. The van der Waals surface area contributed by atoms with Crippen LogP contribution in [-0.4, -0.2) is 17.5 Å². The predicted octanol–water partition coefficient (Wildman–Crippen LogP) is 4.74. The largest absolute Gasteiger partial charge is 0.296 e. The van der Waals surface area contributed by atoms with Crippen molar-refractivity contribution in [1.29, 1.82) is 0 Å². The molecule has 1 saturated heterocycles. The van der Waals surface area contributed by atoms with E-state index in [4.69, 9.17) is 0 Å². The Morgan fingerprint density at radius 1 is 1.33 bits per heavy atom. The topological polar surface area (TPSA) is 3.24 Å². The highest BCUT2D eigenvalue weighted by Crippen LogP contribution is 2.26. The monoisotopic (exact) mass is 313 g/mol. The number of hydrogen-bond acceptors (Lipinski definition) is 1. The lowest BCUT2D eigenvalue weighted by atomic mass is 10.1. The van der Waals surface area contributed by atoms with Crippen molar-refractivity contribution in [2.45, 2.75) is 51.6 Å². The molecular weight excluding hydrogens is 293 g/mol. The van der Waals surface area contributed by atoms with Gasteiger partial charge in [0.25, 0.3) is 0 Å². The maximum atomic E-state index is 13.5. The Bertz CT molecular complexity index is 394. The molecule has 1 atom stereocenters. The molecule has 0 spiro atoms. The Morgan fingerprint density at radius 3 is 2.94 bits per heavy atom. The fraction of sp³-hybridized carbons (Fsp3) is 0.600. The number of halogens is 2. The molecule has 0 radical (unpaired) electrons. The quantitative estimate of drug-likeness (QED) is 0.779. The van der Waals surface area contributed by atoms with Gasteiger partial charge in [0.15, 0.2) is 0 Å². The lowest BCUT2D eigenvalue weighted by Crippen LogP contribution is -2.33. The highest BCUT2D eigenvalue weighted by atomic mass is 79.9. The van der Waals surface area contributed by atoms with E-state index in [0.29, 0.717) is 10.5 Å². The Hall–Kier alpha value is -0.410. The third-order valence-corrected chi connectivity index (χ3v) is 4.76. The predicted molar refractivity (Wildman–Crippen MR) is 77.1 cm³/mol. The first-order chi connectivity index (χ1) is 8.72. The zero-order valence-electron chi connectivity index (χ0n) is 11.0. The van der Waals surface area contributed by atoms with Crippen molar-refractivity contribution in [2.24, 2.45) is 0 Å². The highest BCUT2D eigenvalue weighted by Gasteiger charge is 2.20. The van der Waals surface area contributed by atoms with E-state index in [1.54, 1.807) is 6.07 Å². The molecule has 2 rings (SSSR count). The summed E-state index contributed by atoms with van der Waals surface area (Å²) in [7, 11) is 0. The van der Waals surface area contributed by atoms with Crippen LogP contribution in [0.2, 0.25) is 0 Å². The smallest absolute Gasteiger partial charge is 0.137 e. The molecule has 1 unspecified atom stereocenters. The van der Waals surface area contributed by atoms with Crippen LogP contribution in [0.1, 0.15) is 44.6 Å². The van der Waals surface area contributed by atoms with Gasteiger partial charge in [0.05, 0.1) is 4.47 Å². The van der Waals surface area contributed by atoms with Crippen LogP contribution in [0.5, 0.6) is 0 Å². The molecule has 3 heteroatoms. The van der Waals surface area contributed by atoms with Crippen LogP contribution < -0.4 is 0 Å². The molecule has 0 bridgehead atoms. The van der Waals surface area contributed by atoms with Crippen LogP contribution >= 0.6 is 15.9 Å². The molecule has 0 N–H and O–H groups in total. The minimum atomic E-state index is -0.157. The standard InChI is InChI=1S/C15H21BrFN/c1-2-13-8-4-3-5-10-18(13)11-12-7-6-9-14(17)15(12)16/h6-7,9,13H,2-5,8,10-11H2,1H3. The summed E-state index contributed by atoms with van der Waals surface area (Å²) < 4.78 is 14.2. The van der Waals surface area contributed by atoms with E-state index < -0.39 is 0 Å². The minimum Gasteiger partial charge on any atom is -0.296 e. The minimum absolute atomic E-state index is 0.157. The summed E-state index contributed by atoms with van der Waals surface area (Å²) in [4.78, 5) is 2.52. The molecule has 100 valence electrons. The Labute approximate surface area is 118 Å². The van der Waals surface area contributed by atoms with Crippen molar-refractivity contribution in [3.05, 3.63) is 34.1 Å².